The Bertz CT molecular complexity index is 1500. The summed E-state index contributed by atoms with van der Waals surface area (Å²) in [6.07, 6.45) is 0. The van der Waals surface area contributed by atoms with Crippen molar-refractivity contribution in [3.63, 3.8) is 0 Å². The fourth-order valence-corrected chi connectivity index (χ4v) is 5.07. The van der Waals surface area contributed by atoms with Gasteiger partial charge in [-0.3, -0.25) is 14.9 Å². The lowest BCUT2D eigenvalue weighted by Gasteiger charge is -2.36. The molecule has 0 atom stereocenters. The Hall–Kier alpha value is -3.65. The van der Waals surface area contributed by atoms with Gasteiger partial charge < -0.3 is 15.1 Å². The number of rotatable bonds is 4. The third kappa shape index (κ3) is 5.75. The average molecular weight is 564 g/mol. The number of nitrogens with one attached hydrogen (secondary N) is 2. The normalized spacial score (nSPS) is 13.3. The second kappa shape index (κ2) is 11.4. The van der Waals surface area contributed by atoms with Gasteiger partial charge in [0.25, 0.3) is 11.8 Å². The van der Waals surface area contributed by atoms with Crippen molar-refractivity contribution in [2.45, 2.75) is 0 Å². The van der Waals surface area contributed by atoms with Crippen molar-refractivity contribution in [1.82, 2.24) is 10.2 Å². The molecule has 4 aromatic rings. The van der Waals surface area contributed by atoms with Gasteiger partial charge in [0.15, 0.2) is 5.11 Å². The molecular weight excluding hydrogens is 539 g/mol. The number of halogens is 2. The van der Waals surface area contributed by atoms with Gasteiger partial charge in [-0.25, -0.2) is 0 Å². The first kappa shape index (κ1) is 26.0. The molecule has 38 heavy (non-hydrogen) atoms. The van der Waals surface area contributed by atoms with E-state index >= 15 is 0 Å². The van der Waals surface area contributed by atoms with Crippen LogP contribution in [0.2, 0.25) is 10.0 Å². The summed E-state index contributed by atoms with van der Waals surface area (Å²) in [7, 11) is 0. The minimum absolute atomic E-state index is 0.0167. The molecule has 2 amide bonds. The van der Waals surface area contributed by atoms with E-state index in [-0.39, 0.29) is 16.9 Å². The Morgan fingerprint density at radius 2 is 1.42 bits per heavy atom. The van der Waals surface area contributed by atoms with E-state index in [9.17, 15) is 9.59 Å². The van der Waals surface area contributed by atoms with Crippen LogP contribution in [0.3, 0.4) is 0 Å². The van der Waals surface area contributed by atoms with Crippen LogP contribution in [0.5, 0.6) is 0 Å². The van der Waals surface area contributed by atoms with E-state index < -0.39 is 0 Å². The Balaban J connectivity index is 1.15. The Labute approximate surface area is 236 Å². The van der Waals surface area contributed by atoms with Crippen LogP contribution in [0.1, 0.15) is 20.7 Å². The van der Waals surface area contributed by atoms with Gasteiger partial charge in [0.1, 0.15) is 0 Å². The van der Waals surface area contributed by atoms with Crippen molar-refractivity contribution in [3.8, 4) is 0 Å². The highest BCUT2D eigenvalue weighted by atomic mass is 35.5. The molecule has 6 nitrogen and oxygen atoms in total. The summed E-state index contributed by atoms with van der Waals surface area (Å²) in [5, 5.41) is 8.80. The van der Waals surface area contributed by atoms with Crippen LogP contribution in [0.15, 0.2) is 84.9 Å². The van der Waals surface area contributed by atoms with Crippen molar-refractivity contribution in [1.29, 1.82) is 0 Å². The zero-order chi connectivity index (χ0) is 26.6. The standard InChI is InChI=1S/C29H24Cl2N4O2S/c30-20-9-7-19(8-10-20)28(37)35-17-15-34(16-18-35)22-13-11-21(12-14-22)32-29(38)33-27(36)25-5-1-4-24-23(25)3-2-6-26(24)31/h1-14H,15-18H2,(H2,32,33,36,38). The van der Waals surface area contributed by atoms with E-state index in [0.717, 1.165) is 35.2 Å². The van der Waals surface area contributed by atoms with Gasteiger partial charge in [0.2, 0.25) is 0 Å². The molecule has 9 heteroatoms. The third-order valence-electron chi connectivity index (χ3n) is 6.49. The third-order valence-corrected chi connectivity index (χ3v) is 7.27. The molecule has 2 N–H and O–H groups in total. The van der Waals surface area contributed by atoms with Gasteiger partial charge in [-0.05, 0) is 78.3 Å². The van der Waals surface area contributed by atoms with Gasteiger partial charge in [-0.2, -0.15) is 0 Å². The number of nitrogens with zero attached hydrogens (tertiary/aromatic N) is 2. The summed E-state index contributed by atoms with van der Waals surface area (Å²) >= 11 is 17.6. The molecule has 0 aliphatic carbocycles. The molecule has 0 bridgehead atoms. The van der Waals surface area contributed by atoms with Crippen molar-refractivity contribution in [3.05, 3.63) is 106 Å². The number of carbonyl (C=O) groups excluding carboxylic acids is 2. The predicted octanol–water partition coefficient (Wildman–Crippen LogP) is 6.24. The van der Waals surface area contributed by atoms with E-state index in [1.165, 1.54) is 0 Å². The van der Waals surface area contributed by atoms with E-state index in [0.29, 0.717) is 34.3 Å². The second-order valence-electron chi connectivity index (χ2n) is 8.88. The van der Waals surface area contributed by atoms with Crippen LogP contribution in [0.4, 0.5) is 11.4 Å². The molecule has 1 heterocycles. The SMILES string of the molecule is O=C(NC(=S)Nc1ccc(N2CCN(C(=O)c3ccc(Cl)cc3)CC2)cc1)c1cccc2c(Cl)cccc12. The number of carbonyl (C=O) groups is 2. The number of benzene rings is 4. The van der Waals surface area contributed by atoms with Crippen molar-refractivity contribution < 1.29 is 9.59 Å². The van der Waals surface area contributed by atoms with E-state index in [1.54, 1.807) is 42.5 Å². The first-order chi connectivity index (χ1) is 18.4. The van der Waals surface area contributed by atoms with Crippen molar-refractivity contribution in [2.75, 3.05) is 36.4 Å². The van der Waals surface area contributed by atoms with Gasteiger partial charge in [-0.15, -0.1) is 0 Å². The second-order valence-corrected chi connectivity index (χ2v) is 10.1. The highest BCUT2D eigenvalue weighted by Gasteiger charge is 2.22. The number of thiocarbonyl (C=S) groups is 1. The van der Waals surface area contributed by atoms with Gasteiger partial charge >= 0.3 is 0 Å². The highest BCUT2D eigenvalue weighted by molar-refractivity contribution is 7.80. The molecule has 192 valence electrons. The van der Waals surface area contributed by atoms with Crippen molar-refractivity contribution >= 4 is 74.5 Å². The number of amides is 2. The van der Waals surface area contributed by atoms with Crippen LogP contribution in [-0.4, -0.2) is 48.0 Å². The smallest absolute Gasteiger partial charge is 0.258 e. The van der Waals surface area contributed by atoms with Crippen LogP contribution >= 0.6 is 35.4 Å². The monoisotopic (exact) mass is 562 g/mol. The quantitative estimate of drug-likeness (QED) is 0.288. The maximum atomic E-state index is 12.9. The lowest BCUT2D eigenvalue weighted by molar-refractivity contribution is 0.0746. The number of hydrogen-bond acceptors (Lipinski definition) is 4. The molecule has 0 unspecified atom stereocenters. The average Bonchev–Trinajstić information content (AvgIpc) is 2.93. The molecule has 4 aromatic carbocycles. The summed E-state index contributed by atoms with van der Waals surface area (Å²) in [4.78, 5) is 29.7. The molecule has 1 fully saturated rings. The lowest BCUT2D eigenvalue weighted by Crippen LogP contribution is -2.48. The number of piperazine rings is 1. The largest absolute Gasteiger partial charge is 0.368 e. The minimum atomic E-state index is -0.307. The van der Waals surface area contributed by atoms with E-state index in [2.05, 4.69) is 15.5 Å². The fraction of sp³-hybridized carbons (Fsp3) is 0.138. The Morgan fingerprint density at radius 1 is 0.763 bits per heavy atom. The van der Waals surface area contributed by atoms with E-state index in [1.807, 2.05) is 47.4 Å². The van der Waals surface area contributed by atoms with Gasteiger partial charge in [-0.1, -0.05) is 47.5 Å². The topological polar surface area (TPSA) is 64.7 Å². The van der Waals surface area contributed by atoms with Crippen LogP contribution < -0.4 is 15.5 Å². The number of anilines is 2. The van der Waals surface area contributed by atoms with Gasteiger partial charge in [0.05, 0.1) is 0 Å². The zero-order valence-electron chi connectivity index (χ0n) is 20.3. The summed E-state index contributed by atoms with van der Waals surface area (Å²) < 4.78 is 0. The first-order valence-corrected chi connectivity index (χ1v) is 13.2. The minimum Gasteiger partial charge on any atom is -0.368 e. The Morgan fingerprint density at radius 3 is 2.13 bits per heavy atom. The summed E-state index contributed by atoms with van der Waals surface area (Å²) in [6.45, 7) is 2.74. The fourth-order valence-electron chi connectivity index (χ4n) is 4.50. The molecule has 0 aromatic heterocycles. The van der Waals surface area contributed by atoms with Crippen LogP contribution in [0, 0.1) is 0 Å². The maximum absolute atomic E-state index is 12.9. The molecule has 0 saturated carbocycles. The zero-order valence-corrected chi connectivity index (χ0v) is 22.6. The molecule has 5 rings (SSSR count). The molecule has 0 spiro atoms. The molecule has 1 aliphatic heterocycles. The van der Waals surface area contributed by atoms with Gasteiger partial charge in [0, 0.05) is 64.1 Å². The number of fused-ring (bicyclic) bond motifs is 1. The summed E-state index contributed by atoms with van der Waals surface area (Å²) in [5.74, 6) is -0.291. The molecule has 1 aliphatic rings. The lowest BCUT2D eigenvalue weighted by atomic mass is 10.0. The Kier molecular flexibility index (Phi) is 7.79. The maximum Gasteiger partial charge on any atom is 0.258 e. The first-order valence-electron chi connectivity index (χ1n) is 12.1. The number of hydrogen-bond donors (Lipinski definition) is 2. The van der Waals surface area contributed by atoms with E-state index in [4.69, 9.17) is 35.4 Å². The molecule has 0 radical (unpaired) electrons. The molecular formula is C29H24Cl2N4O2S. The van der Waals surface area contributed by atoms with Crippen LogP contribution in [0.25, 0.3) is 10.8 Å². The predicted molar refractivity (Wildman–Crippen MR) is 159 cm³/mol. The highest BCUT2D eigenvalue weighted by Crippen LogP contribution is 2.26. The van der Waals surface area contributed by atoms with Crippen LogP contribution in [-0.2, 0) is 0 Å². The summed E-state index contributed by atoms with van der Waals surface area (Å²) in [6, 6.07) is 25.7. The molecule has 1 saturated heterocycles. The van der Waals surface area contributed by atoms with Crippen molar-refractivity contribution in [2.24, 2.45) is 0 Å². The summed E-state index contributed by atoms with van der Waals surface area (Å²) in [5.41, 5.74) is 2.96.